The fourth-order valence-electron chi connectivity index (χ4n) is 1.19. The summed E-state index contributed by atoms with van der Waals surface area (Å²) in [6.45, 7) is 0. The van der Waals surface area contributed by atoms with Crippen LogP contribution in [0.3, 0.4) is 0 Å². The molecule has 0 radical (unpaired) electrons. The maximum atomic E-state index is 10.8. The van der Waals surface area contributed by atoms with Crippen molar-refractivity contribution in [3.63, 3.8) is 0 Å². The molecule has 0 aromatic heterocycles. The molecular formula is C7H10AlNO. The predicted molar refractivity (Wildman–Crippen MR) is 40.3 cm³/mol. The first kappa shape index (κ1) is 7.80. The molecule has 0 aromatic carbocycles. The molecule has 1 fully saturated rings. The zero-order chi connectivity index (χ0) is 7.61. The zero-order valence-corrected chi connectivity index (χ0v) is 8.18. The molecule has 0 atom stereocenters. The molecule has 1 saturated carbocycles. The Morgan fingerprint density at radius 2 is 2.00 bits per heavy atom. The molecule has 10 heavy (non-hydrogen) atoms. The van der Waals surface area contributed by atoms with Crippen molar-refractivity contribution in [1.82, 2.24) is 0 Å². The van der Waals surface area contributed by atoms with Gasteiger partial charge in [-0.2, -0.15) is 5.26 Å². The second-order valence-electron chi connectivity index (χ2n) is 3.21. The summed E-state index contributed by atoms with van der Waals surface area (Å²) in [5, 5.41) is 8.71. The maximum Gasteiger partial charge on any atom is 0.244 e. The van der Waals surface area contributed by atoms with Crippen molar-refractivity contribution in [2.75, 3.05) is 0 Å². The van der Waals surface area contributed by atoms with Crippen LogP contribution in [0.5, 0.6) is 0 Å². The van der Waals surface area contributed by atoms with Crippen LogP contribution in [0.1, 0.15) is 25.7 Å². The van der Waals surface area contributed by atoms with E-state index in [9.17, 15) is 4.79 Å². The molecule has 0 unspecified atom stereocenters. The number of Topliss-reactive ketones (excluding diaryl/α,β-unsaturated/α-hetero) is 1. The van der Waals surface area contributed by atoms with Gasteiger partial charge in [0.15, 0.2) is 0 Å². The summed E-state index contributed by atoms with van der Waals surface area (Å²) in [7, 11) is 0. The van der Waals surface area contributed by atoms with Gasteiger partial charge >= 0.3 is 0 Å². The van der Waals surface area contributed by atoms with E-state index in [1.54, 1.807) is 0 Å². The third-order valence-corrected chi connectivity index (χ3v) is 3.40. The van der Waals surface area contributed by atoms with Gasteiger partial charge in [-0.3, -0.25) is 4.79 Å². The minimum Gasteiger partial charge on any atom is -0.300 e. The topological polar surface area (TPSA) is 40.9 Å². The number of hydrogen-bond donors (Lipinski definition) is 0. The zero-order valence-electron chi connectivity index (χ0n) is 6.18. The summed E-state index contributed by atoms with van der Waals surface area (Å²) in [4.78, 5) is 10.8. The monoisotopic (exact) mass is 151 g/mol. The lowest BCUT2D eigenvalue weighted by atomic mass is 9.88. The summed E-state index contributed by atoms with van der Waals surface area (Å²) >= 11 is 0.909. The van der Waals surface area contributed by atoms with Crippen molar-refractivity contribution >= 4 is 22.1 Å². The standard InChI is InChI=1S/C7H8NO.Al.2H/c8-5-6-1-3-7(9)4-2-6;;;/h1-4H2;;;. The van der Waals surface area contributed by atoms with Crippen molar-refractivity contribution in [2.24, 2.45) is 0 Å². The van der Waals surface area contributed by atoms with Crippen molar-refractivity contribution in [1.29, 1.82) is 5.26 Å². The summed E-state index contributed by atoms with van der Waals surface area (Å²) < 4.78 is -0.0755. The van der Waals surface area contributed by atoms with E-state index in [1.165, 1.54) is 0 Å². The first-order valence-electron chi connectivity index (χ1n) is 3.59. The highest BCUT2D eigenvalue weighted by Crippen LogP contribution is 2.37. The molecular weight excluding hydrogens is 141 g/mol. The molecule has 1 aliphatic rings. The third-order valence-electron chi connectivity index (χ3n) is 2.18. The number of carbonyl (C=O) groups is 1. The second kappa shape index (κ2) is 2.74. The van der Waals surface area contributed by atoms with Gasteiger partial charge in [0.25, 0.3) is 0 Å². The highest BCUT2D eigenvalue weighted by molar-refractivity contribution is 6.17. The Balaban J connectivity index is 2.56. The first-order chi connectivity index (χ1) is 4.66. The number of rotatable bonds is 0. The normalized spacial score (nSPS) is 23.7. The molecule has 2 nitrogen and oxygen atoms in total. The molecule has 0 heterocycles. The van der Waals surface area contributed by atoms with Crippen LogP contribution < -0.4 is 0 Å². The Morgan fingerprint density at radius 3 is 2.40 bits per heavy atom. The van der Waals surface area contributed by atoms with Crippen LogP contribution in [0.15, 0.2) is 0 Å². The molecule has 0 saturated heterocycles. The molecule has 0 N–H and O–H groups in total. The van der Waals surface area contributed by atoms with E-state index in [2.05, 4.69) is 6.07 Å². The van der Waals surface area contributed by atoms with Gasteiger partial charge in [0.05, 0.1) is 6.07 Å². The molecule has 0 bridgehead atoms. The maximum absolute atomic E-state index is 10.8. The Kier molecular flexibility index (Phi) is 2.14. The van der Waals surface area contributed by atoms with Gasteiger partial charge in [0.2, 0.25) is 16.3 Å². The van der Waals surface area contributed by atoms with Crippen LogP contribution in [0, 0.1) is 11.3 Å². The van der Waals surface area contributed by atoms with E-state index in [1.807, 2.05) is 0 Å². The van der Waals surface area contributed by atoms with Crippen molar-refractivity contribution in [3.8, 4) is 6.07 Å². The van der Waals surface area contributed by atoms with E-state index in [-0.39, 0.29) is 4.28 Å². The van der Waals surface area contributed by atoms with Gasteiger partial charge in [-0.25, -0.2) is 0 Å². The van der Waals surface area contributed by atoms with Crippen LogP contribution in [0.2, 0.25) is 4.28 Å². The van der Waals surface area contributed by atoms with E-state index in [0.29, 0.717) is 18.6 Å². The third kappa shape index (κ3) is 1.60. The Hall–Kier alpha value is -0.308. The van der Waals surface area contributed by atoms with Crippen LogP contribution in [-0.2, 0) is 4.79 Å². The summed E-state index contributed by atoms with van der Waals surface area (Å²) in [5.41, 5.74) is 0. The molecule has 3 heteroatoms. The lowest BCUT2D eigenvalue weighted by Crippen LogP contribution is -2.19. The number of nitriles is 1. The van der Waals surface area contributed by atoms with Gasteiger partial charge < -0.3 is 0 Å². The minimum atomic E-state index is -0.0755. The van der Waals surface area contributed by atoms with E-state index in [0.717, 1.165) is 29.1 Å². The fraction of sp³-hybridized carbons (Fsp3) is 0.714. The highest BCUT2D eigenvalue weighted by atomic mass is 27.0. The summed E-state index contributed by atoms with van der Waals surface area (Å²) in [6, 6.07) is 2.31. The molecule has 0 aromatic rings. The van der Waals surface area contributed by atoms with Gasteiger partial charge in [0.1, 0.15) is 5.78 Å². The number of nitrogens with zero attached hydrogens (tertiary/aromatic N) is 1. The predicted octanol–water partition coefficient (Wildman–Crippen LogP) is 0.445. The molecule has 0 spiro atoms. The van der Waals surface area contributed by atoms with Gasteiger partial charge in [-0.15, -0.1) is 0 Å². The van der Waals surface area contributed by atoms with Crippen LogP contribution >= 0.6 is 0 Å². The Bertz CT molecular complexity index is 184. The second-order valence-corrected chi connectivity index (χ2v) is 5.13. The lowest BCUT2D eigenvalue weighted by molar-refractivity contribution is -0.120. The molecule has 0 amide bonds. The first-order valence-corrected chi connectivity index (χ1v) is 4.59. The summed E-state index contributed by atoms with van der Waals surface area (Å²) in [6.07, 6.45) is 2.90. The smallest absolute Gasteiger partial charge is 0.244 e. The SMILES string of the molecule is N#C[C]1([AlH2])CCC(=O)CC1. The number of carbonyl (C=O) groups excluding carboxylic acids is 1. The van der Waals surface area contributed by atoms with Crippen molar-refractivity contribution in [2.45, 2.75) is 30.0 Å². The molecule has 1 rings (SSSR count). The molecule has 0 aliphatic heterocycles. The molecule has 52 valence electrons. The van der Waals surface area contributed by atoms with Gasteiger partial charge in [0, 0.05) is 17.1 Å². The largest absolute Gasteiger partial charge is 0.300 e. The quantitative estimate of drug-likeness (QED) is 0.471. The lowest BCUT2D eigenvalue weighted by Gasteiger charge is -2.25. The van der Waals surface area contributed by atoms with Crippen molar-refractivity contribution in [3.05, 3.63) is 0 Å². The van der Waals surface area contributed by atoms with E-state index in [4.69, 9.17) is 5.26 Å². The van der Waals surface area contributed by atoms with Gasteiger partial charge in [-0.05, 0) is 12.8 Å². The summed E-state index contributed by atoms with van der Waals surface area (Å²) in [5.74, 6) is 0.335. The van der Waals surface area contributed by atoms with Crippen molar-refractivity contribution < 1.29 is 4.79 Å². The Morgan fingerprint density at radius 1 is 1.50 bits per heavy atom. The average Bonchev–Trinajstić information content (AvgIpc) is 1.96. The number of hydrogen-bond acceptors (Lipinski definition) is 2. The highest BCUT2D eigenvalue weighted by Gasteiger charge is 2.29. The van der Waals surface area contributed by atoms with Crippen LogP contribution in [0.4, 0.5) is 0 Å². The van der Waals surface area contributed by atoms with Gasteiger partial charge in [-0.1, -0.05) is 0 Å². The van der Waals surface area contributed by atoms with Crippen LogP contribution in [-0.4, -0.2) is 22.1 Å². The minimum absolute atomic E-state index is 0.0755. The number of ketones is 1. The Labute approximate surface area is 68.6 Å². The molecule has 1 aliphatic carbocycles. The van der Waals surface area contributed by atoms with Crippen LogP contribution in [0.25, 0.3) is 0 Å². The van der Waals surface area contributed by atoms with E-state index < -0.39 is 0 Å². The van der Waals surface area contributed by atoms with E-state index >= 15 is 0 Å². The fourth-order valence-corrected chi connectivity index (χ4v) is 1.69. The average molecular weight is 151 g/mol.